The molecule has 0 bridgehead atoms. The first-order valence-electron chi connectivity index (χ1n) is 8.71. The number of anilines is 1. The molecule has 0 saturated carbocycles. The van der Waals surface area contributed by atoms with Crippen molar-refractivity contribution in [1.29, 1.82) is 0 Å². The number of hydrogen-bond donors (Lipinski definition) is 3. The average molecular weight is 355 g/mol. The average Bonchev–Trinajstić information content (AvgIpc) is 2.67. The summed E-state index contributed by atoms with van der Waals surface area (Å²) in [6.45, 7) is 0.734. The van der Waals surface area contributed by atoms with E-state index in [0.29, 0.717) is 13.0 Å². The topological polar surface area (TPSA) is 93.4 Å². The Bertz CT molecular complexity index is 677. The summed E-state index contributed by atoms with van der Waals surface area (Å²) in [5.74, 6) is -0.202. The first-order valence-corrected chi connectivity index (χ1v) is 8.71. The molecule has 0 aliphatic rings. The summed E-state index contributed by atoms with van der Waals surface area (Å²) in [7, 11) is 0. The maximum Gasteiger partial charge on any atom is 0.407 e. The molecule has 0 unspecified atom stereocenters. The van der Waals surface area contributed by atoms with E-state index in [1.165, 1.54) is 0 Å². The molecule has 0 aliphatic carbocycles. The van der Waals surface area contributed by atoms with Crippen molar-refractivity contribution in [2.45, 2.75) is 31.9 Å². The third kappa shape index (κ3) is 7.36. The van der Waals surface area contributed by atoms with Gasteiger partial charge in [-0.05, 0) is 37.0 Å². The molecule has 2 amide bonds. The molecule has 6 heteroatoms. The molecule has 0 heterocycles. The van der Waals surface area contributed by atoms with Crippen LogP contribution < -0.4 is 16.4 Å². The number of benzene rings is 2. The Kier molecular flexibility index (Phi) is 8.15. The summed E-state index contributed by atoms with van der Waals surface area (Å²) >= 11 is 0. The lowest BCUT2D eigenvalue weighted by molar-refractivity contribution is -0.117. The lowest BCUT2D eigenvalue weighted by Gasteiger charge is -2.12. The molecule has 138 valence electrons. The summed E-state index contributed by atoms with van der Waals surface area (Å²) in [5, 5.41) is 5.47. The standard InChI is InChI=1S/C20H25N3O3/c21-18(19(24)23-17-11-5-2-6-12-17)13-7-8-14-22-20(25)26-15-16-9-3-1-4-10-16/h1-6,9-12,18H,7-8,13-15,21H2,(H,22,25)(H,23,24)/t18-/m0/s1. The Balaban J connectivity index is 1.54. The Hall–Kier alpha value is -2.86. The second-order valence-electron chi connectivity index (χ2n) is 5.95. The van der Waals surface area contributed by atoms with Gasteiger partial charge in [-0.15, -0.1) is 0 Å². The highest BCUT2D eigenvalue weighted by Gasteiger charge is 2.13. The van der Waals surface area contributed by atoms with Gasteiger partial charge >= 0.3 is 6.09 Å². The minimum Gasteiger partial charge on any atom is -0.445 e. The largest absolute Gasteiger partial charge is 0.445 e. The quantitative estimate of drug-likeness (QED) is 0.603. The van der Waals surface area contributed by atoms with E-state index in [4.69, 9.17) is 10.5 Å². The van der Waals surface area contributed by atoms with E-state index in [-0.39, 0.29) is 12.5 Å². The van der Waals surface area contributed by atoms with Crippen molar-refractivity contribution in [3.8, 4) is 0 Å². The molecule has 2 rings (SSSR count). The molecule has 0 aromatic heterocycles. The van der Waals surface area contributed by atoms with Crippen molar-refractivity contribution in [3.05, 3.63) is 66.2 Å². The number of hydrogen-bond acceptors (Lipinski definition) is 4. The molecular weight excluding hydrogens is 330 g/mol. The molecular formula is C20H25N3O3. The molecule has 6 nitrogen and oxygen atoms in total. The van der Waals surface area contributed by atoms with Crippen LogP contribution in [0.2, 0.25) is 0 Å². The highest BCUT2D eigenvalue weighted by Crippen LogP contribution is 2.07. The fourth-order valence-corrected chi connectivity index (χ4v) is 2.34. The normalized spacial score (nSPS) is 11.4. The molecule has 26 heavy (non-hydrogen) atoms. The third-order valence-corrected chi connectivity index (χ3v) is 3.80. The zero-order valence-electron chi connectivity index (χ0n) is 14.7. The fourth-order valence-electron chi connectivity index (χ4n) is 2.34. The lowest BCUT2D eigenvalue weighted by atomic mass is 10.1. The Morgan fingerprint density at radius 3 is 2.31 bits per heavy atom. The van der Waals surface area contributed by atoms with Crippen LogP contribution in [0.3, 0.4) is 0 Å². The number of carbonyl (C=O) groups excluding carboxylic acids is 2. The molecule has 0 spiro atoms. The van der Waals surface area contributed by atoms with Crippen molar-refractivity contribution in [2.24, 2.45) is 5.73 Å². The van der Waals surface area contributed by atoms with Crippen molar-refractivity contribution in [1.82, 2.24) is 5.32 Å². The number of ether oxygens (including phenoxy) is 1. The van der Waals surface area contributed by atoms with Crippen LogP contribution in [0, 0.1) is 0 Å². The van der Waals surface area contributed by atoms with Crippen molar-refractivity contribution >= 4 is 17.7 Å². The number of nitrogens with two attached hydrogens (primary N) is 1. The number of para-hydroxylation sites is 1. The van der Waals surface area contributed by atoms with Crippen molar-refractivity contribution < 1.29 is 14.3 Å². The van der Waals surface area contributed by atoms with Gasteiger partial charge in [0.1, 0.15) is 6.61 Å². The summed E-state index contributed by atoms with van der Waals surface area (Å²) < 4.78 is 5.12. The van der Waals surface area contributed by atoms with Crippen LogP contribution in [0.1, 0.15) is 24.8 Å². The highest BCUT2D eigenvalue weighted by atomic mass is 16.5. The predicted molar refractivity (Wildman–Crippen MR) is 102 cm³/mol. The van der Waals surface area contributed by atoms with Crippen LogP contribution in [-0.2, 0) is 16.1 Å². The first-order chi connectivity index (χ1) is 12.6. The summed E-state index contributed by atoms with van der Waals surface area (Å²) in [4.78, 5) is 23.6. The van der Waals surface area contributed by atoms with Crippen LogP contribution in [0.25, 0.3) is 0 Å². The Labute approximate surface area is 153 Å². The van der Waals surface area contributed by atoms with Gasteiger partial charge in [0.05, 0.1) is 6.04 Å². The molecule has 0 saturated heterocycles. The van der Waals surface area contributed by atoms with Gasteiger partial charge < -0.3 is 21.1 Å². The van der Waals surface area contributed by atoms with Gasteiger partial charge in [-0.3, -0.25) is 4.79 Å². The van der Waals surface area contributed by atoms with Crippen LogP contribution in [0.15, 0.2) is 60.7 Å². The summed E-state index contributed by atoms with van der Waals surface area (Å²) in [5.41, 5.74) is 7.57. The van der Waals surface area contributed by atoms with E-state index in [9.17, 15) is 9.59 Å². The van der Waals surface area contributed by atoms with E-state index < -0.39 is 12.1 Å². The summed E-state index contributed by atoms with van der Waals surface area (Å²) in [6.07, 6.45) is 1.58. The van der Waals surface area contributed by atoms with Gasteiger partial charge in [-0.1, -0.05) is 48.5 Å². The van der Waals surface area contributed by atoms with Crippen LogP contribution in [-0.4, -0.2) is 24.6 Å². The Morgan fingerprint density at radius 2 is 1.62 bits per heavy atom. The highest BCUT2D eigenvalue weighted by molar-refractivity contribution is 5.94. The number of amides is 2. The number of unbranched alkanes of at least 4 members (excludes halogenated alkanes) is 1. The lowest BCUT2D eigenvalue weighted by Crippen LogP contribution is -2.35. The Morgan fingerprint density at radius 1 is 0.962 bits per heavy atom. The third-order valence-electron chi connectivity index (χ3n) is 3.80. The number of nitrogens with one attached hydrogen (secondary N) is 2. The van der Waals surface area contributed by atoms with Crippen LogP contribution in [0.4, 0.5) is 10.5 Å². The second kappa shape index (κ2) is 10.9. The van der Waals surface area contributed by atoms with E-state index in [1.54, 1.807) is 0 Å². The van der Waals surface area contributed by atoms with E-state index in [1.807, 2.05) is 60.7 Å². The van der Waals surface area contributed by atoms with E-state index >= 15 is 0 Å². The van der Waals surface area contributed by atoms with Gasteiger partial charge in [-0.2, -0.15) is 0 Å². The summed E-state index contributed by atoms with van der Waals surface area (Å²) in [6, 6.07) is 18.1. The van der Waals surface area contributed by atoms with Crippen molar-refractivity contribution in [3.63, 3.8) is 0 Å². The van der Waals surface area contributed by atoms with Gasteiger partial charge in [-0.25, -0.2) is 4.79 Å². The monoisotopic (exact) mass is 355 g/mol. The minimum absolute atomic E-state index is 0.202. The SMILES string of the molecule is N[C@@H](CCCCNC(=O)OCc1ccccc1)C(=O)Nc1ccccc1. The molecule has 2 aromatic rings. The van der Waals surface area contributed by atoms with Gasteiger partial charge in [0, 0.05) is 12.2 Å². The number of rotatable bonds is 9. The second-order valence-corrected chi connectivity index (χ2v) is 5.95. The van der Waals surface area contributed by atoms with Gasteiger partial charge in [0.2, 0.25) is 5.91 Å². The molecule has 2 aromatic carbocycles. The van der Waals surface area contributed by atoms with Crippen LogP contribution in [0.5, 0.6) is 0 Å². The smallest absolute Gasteiger partial charge is 0.407 e. The molecule has 0 fully saturated rings. The van der Waals surface area contributed by atoms with Gasteiger partial charge in [0.15, 0.2) is 0 Å². The van der Waals surface area contributed by atoms with E-state index in [0.717, 1.165) is 24.1 Å². The van der Waals surface area contributed by atoms with Crippen LogP contribution >= 0.6 is 0 Å². The fraction of sp³-hybridized carbons (Fsp3) is 0.300. The maximum atomic E-state index is 12.0. The molecule has 4 N–H and O–H groups in total. The molecule has 1 atom stereocenters. The molecule has 0 radical (unpaired) electrons. The predicted octanol–water partition coefficient (Wildman–Crippen LogP) is 3.05. The number of carbonyl (C=O) groups is 2. The zero-order valence-corrected chi connectivity index (χ0v) is 14.7. The maximum absolute atomic E-state index is 12.0. The van der Waals surface area contributed by atoms with E-state index in [2.05, 4.69) is 10.6 Å². The first kappa shape index (κ1) is 19.5. The molecule has 0 aliphatic heterocycles. The zero-order chi connectivity index (χ0) is 18.6. The van der Waals surface area contributed by atoms with Gasteiger partial charge in [0.25, 0.3) is 0 Å². The minimum atomic E-state index is -0.569. The number of alkyl carbamates (subject to hydrolysis) is 1. The van der Waals surface area contributed by atoms with Crippen molar-refractivity contribution in [2.75, 3.05) is 11.9 Å².